The van der Waals surface area contributed by atoms with Gasteiger partial charge in [-0.15, -0.1) is 0 Å². The predicted molar refractivity (Wildman–Crippen MR) is 71.7 cm³/mol. The molecule has 1 radical (unpaired) electrons. The van der Waals surface area contributed by atoms with Crippen molar-refractivity contribution in [3.63, 3.8) is 0 Å². The number of morpholine rings is 1. The summed E-state index contributed by atoms with van der Waals surface area (Å²) < 4.78 is 5.19. The van der Waals surface area contributed by atoms with Gasteiger partial charge in [0.15, 0.2) is 0 Å². The van der Waals surface area contributed by atoms with Crippen LogP contribution in [0.25, 0.3) is 6.08 Å². The van der Waals surface area contributed by atoms with E-state index in [-0.39, 0.29) is 5.91 Å². The molecule has 0 atom stereocenters. The van der Waals surface area contributed by atoms with Crippen molar-refractivity contribution in [3.8, 4) is 0 Å². The first-order valence-corrected chi connectivity index (χ1v) is 6.34. The first-order valence-electron chi connectivity index (χ1n) is 5.59. The molecule has 18 heavy (non-hydrogen) atoms. The Morgan fingerprint density at radius 1 is 1.39 bits per heavy atom. The molecule has 1 aromatic rings. The van der Waals surface area contributed by atoms with Gasteiger partial charge in [-0.25, -0.2) is 0 Å². The van der Waals surface area contributed by atoms with Gasteiger partial charge in [-0.1, -0.05) is 35.3 Å². The summed E-state index contributed by atoms with van der Waals surface area (Å²) in [5.41, 5.74) is 0.710. The third-order valence-electron chi connectivity index (χ3n) is 2.65. The number of nitrogens with zero attached hydrogens (tertiary/aromatic N) is 1. The average molecular weight is 285 g/mol. The minimum Gasteiger partial charge on any atom is -0.378 e. The molecule has 1 aliphatic rings. The van der Waals surface area contributed by atoms with Crippen molar-refractivity contribution in [1.82, 2.24) is 4.90 Å². The van der Waals surface area contributed by atoms with Crippen molar-refractivity contribution >= 4 is 35.2 Å². The molecule has 0 bridgehead atoms. The normalized spacial score (nSPS) is 16.2. The topological polar surface area (TPSA) is 29.5 Å². The summed E-state index contributed by atoms with van der Waals surface area (Å²) in [5, 5.41) is 0.767. The Kier molecular flexibility index (Phi) is 4.64. The smallest absolute Gasteiger partial charge is 0.246 e. The van der Waals surface area contributed by atoms with Crippen molar-refractivity contribution in [2.75, 3.05) is 26.3 Å². The number of amides is 1. The molecule has 0 N–H and O–H groups in total. The number of hydrogen-bond acceptors (Lipinski definition) is 2. The average Bonchev–Trinajstić information content (AvgIpc) is 2.41. The molecular formula is C13H12Cl2NO2. The SMILES string of the molecule is O=C(/C=C/c1cc[c]c(Cl)c1Cl)N1CCOCC1. The van der Waals surface area contributed by atoms with Crippen LogP contribution in [-0.2, 0) is 9.53 Å². The Hall–Kier alpha value is -1.03. The lowest BCUT2D eigenvalue weighted by atomic mass is 10.2. The van der Waals surface area contributed by atoms with Gasteiger partial charge < -0.3 is 9.64 Å². The maximum atomic E-state index is 11.9. The molecule has 3 nitrogen and oxygen atoms in total. The zero-order valence-corrected chi connectivity index (χ0v) is 11.2. The Morgan fingerprint density at radius 2 is 2.11 bits per heavy atom. The first-order chi connectivity index (χ1) is 8.68. The van der Waals surface area contributed by atoms with Crippen molar-refractivity contribution in [2.24, 2.45) is 0 Å². The van der Waals surface area contributed by atoms with E-state index in [0.717, 1.165) is 0 Å². The summed E-state index contributed by atoms with van der Waals surface area (Å²) in [6, 6.07) is 6.21. The first kappa shape index (κ1) is 13.4. The second-order valence-corrected chi connectivity index (χ2v) is 4.59. The highest BCUT2D eigenvalue weighted by atomic mass is 35.5. The molecule has 1 aromatic carbocycles. The largest absolute Gasteiger partial charge is 0.378 e. The summed E-state index contributed by atoms with van der Waals surface area (Å²) in [5.74, 6) is -0.0432. The number of halogens is 2. The van der Waals surface area contributed by atoms with Gasteiger partial charge in [0.2, 0.25) is 5.91 Å². The molecular weight excluding hydrogens is 273 g/mol. The molecule has 0 aliphatic carbocycles. The van der Waals surface area contributed by atoms with Crippen molar-refractivity contribution in [2.45, 2.75) is 0 Å². The van der Waals surface area contributed by atoms with Crippen LogP contribution in [0, 0.1) is 6.07 Å². The van der Waals surface area contributed by atoms with E-state index in [4.69, 9.17) is 27.9 Å². The van der Waals surface area contributed by atoms with Crippen molar-refractivity contribution in [3.05, 3.63) is 39.9 Å². The summed E-state index contributed by atoms with van der Waals surface area (Å²) in [7, 11) is 0. The van der Waals surface area contributed by atoms with E-state index in [2.05, 4.69) is 6.07 Å². The number of rotatable bonds is 2. The van der Waals surface area contributed by atoms with Crippen molar-refractivity contribution < 1.29 is 9.53 Å². The highest BCUT2D eigenvalue weighted by Crippen LogP contribution is 2.25. The number of ether oxygens (including phenoxy) is 1. The van der Waals surface area contributed by atoms with Gasteiger partial charge in [0.1, 0.15) is 0 Å². The maximum absolute atomic E-state index is 11.9. The number of carbonyl (C=O) groups excluding carboxylic acids is 1. The van der Waals surface area contributed by atoms with Crippen LogP contribution >= 0.6 is 23.2 Å². The zero-order valence-electron chi connectivity index (χ0n) is 9.66. The fourth-order valence-corrected chi connectivity index (χ4v) is 2.00. The lowest BCUT2D eigenvalue weighted by molar-refractivity contribution is -0.129. The van der Waals surface area contributed by atoms with Gasteiger partial charge in [-0.05, 0) is 11.6 Å². The van der Waals surface area contributed by atoms with Crippen molar-refractivity contribution in [1.29, 1.82) is 0 Å². The lowest BCUT2D eigenvalue weighted by Gasteiger charge is -2.25. The molecule has 1 fully saturated rings. The third-order valence-corrected chi connectivity index (χ3v) is 3.45. The van der Waals surface area contributed by atoms with Gasteiger partial charge in [-0.3, -0.25) is 4.79 Å². The van der Waals surface area contributed by atoms with Gasteiger partial charge in [-0.2, -0.15) is 0 Å². The Balaban J connectivity index is 2.05. The second kappa shape index (κ2) is 6.23. The fourth-order valence-electron chi connectivity index (χ4n) is 1.65. The van der Waals surface area contributed by atoms with E-state index in [9.17, 15) is 4.79 Å². The van der Waals surface area contributed by atoms with Crippen LogP contribution in [0.4, 0.5) is 0 Å². The van der Waals surface area contributed by atoms with Crippen LogP contribution in [0.15, 0.2) is 18.2 Å². The number of carbonyl (C=O) groups is 1. The van der Waals surface area contributed by atoms with E-state index in [1.807, 2.05) is 0 Å². The standard InChI is InChI=1S/C13H12Cl2NO2/c14-11-3-1-2-10(13(11)15)4-5-12(17)16-6-8-18-9-7-16/h1-2,4-5H,6-9H2/b5-4+. The molecule has 95 valence electrons. The van der Waals surface area contributed by atoms with Crippen LogP contribution in [0.2, 0.25) is 10.0 Å². The Morgan fingerprint density at radius 3 is 2.83 bits per heavy atom. The van der Waals surface area contributed by atoms with E-state index in [1.54, 1.807) is 23.1 Å². The molecule has 1 amide bonds. The predicted octanol–water partition coefficient (Wildman–Crippen LogP) is 2.67. The van der Waals surface area contributed by atoms with Gasteiger partial charge in [0.05, 0.1) is 23.3 Å². The molecule has 1 heterocycles. The minimum absolute atomic E-state index is 0.0432. The quantitative estimate of drug-likeness (QED) is 0.782. The van der Waals surface area contributed by atoms with E-state index in [0.29, 0.717) is 41.9 Å². The number of benzene rings is 1. The highest BCUT2D eigenvalue weighted by Gasteiger charge is 2.14. The second-order valence-electron chi connectivity index (χ2n) is 3.83. The van der Waals surface area contributed by atoms with Crippen LogP contribution in [-0.4, -0.2) is 37.1 Å². The van der Waals surface area contributed by atoms with Crippen LogP contribution < -0.4 is 0 Å². The minimum atomic E-state index is -0.0432. The van der Waals surface area contributed by atoms with E-state index < -0.39 is 0 Å². The van der Waals surface area contributed by atoms with E-state index >= 15 is 0 Å². The highest BCUT2D eigenvalue weighted by molar-refractivity contribution is 6.42. The third kappa shape index (κ3) is 3.25. The molecule has 0 unspecified atom stereocenters. The van der Waals surface area contributed by atoms with Crippen LogP contribution in [0.1, 0.15) is 5.56 Å². The summed E-state index contributed by atoms with van der Waals surface area (Å²) >= 11 is 11.8. The zero-order chi connectivity index (χ0) is 13.0. The molecule has 2 rings (SSSR count). The molecule has 0 aromatic heterocycles. The molecule has 1 aliphatic heterocycles. The van der Waals surface area contributed by atoms with Crippen LogP contribution in [0.3, 0.4) is 0 Å². The van der Waals surface area contributed by atoms with Gasteiger partial charge >= 0.3 is 0 Å². The van der Waals surface area contributed by atoms with Gasteiger partial charge in [0.25, 0.3) is 0 Å². The number of hydrogen-bond donors (Lipinski definition) is 0. The summed E-state index contributed by atoms with van der Waals surface area (Å²) in [6.45, 7) is 2.43. The van der Waals surface area contributed by atoms with Crippen LogP contribution in [0.5, 0.6) is 0 Å². The molecule has 0 saturated carbocycles. The molecule has 1 saturated heterocycles. The van der Waals surface area contributed by atoms with Gasteiger partial charge in [0, 0.05) is 25.2 Å². The Labute approximate surface area is 116 Å². The molecule has 5 heteroatoms. The monoisotopic (exact) mass is 284 g/mol. The summed E-state index contributed by atoms with van der Waals surface area (Å²) in [4.78, 5) is 13.6. The Bertz CT molecular complexity index is 468. The molecule has 0 spiro atoms. The summed E-state index contributed by atoms with van der Waals surface area (Å²) in [6.07, 6.45) is 3.17. The maximum Gasteiger partial charge on any atom is 0.246 e. The van der Waals surface area contributed by atoms with E-state index in [1.165, 1.54) is 6.08 Å². The lowest BCUT2D eigenvalue weighted by Crippen LogP contribution is -2.39. The fraction of sp³-hybridized carbons (Fsp3) is 0.308.